The van der Waals surface area contributed by atoms with Gasteiger partial charge >= 0.3 is 6.09 Å². The smallest absolute Gasteiger partial charge is 0.408 e. The van der Waals surface area contributed by atoms with Crippen molar-refractivity contribution >= 4 is 45.7 Å². The second-order valence-corrected chi connectivity index (χ2v) is 8.44. The van der Waals surface area contributed by atoms with Crippen molar-refractivity contribution in [3.8, 4) is 5.75 Å². The number of anilines is 1. The summed E-state index contributed by atoms with van der Waals surface area (Å²) in [6.45, 7) is 4.97. The van der Waals surface area contributed by atoms with Crippen LogP contribution in [0.1, 0.15) is 12.0 Å². The number of imidazole rings is 1. The fraction of sp³-hybridized carbons (Fsp3) is 0.333. The minimum atomic E-state index is -0.833. The Kier molecular flexibility index (Phi) is 6.19. The van der Waals surface area contributed by atoms with Gasteiger partial charge in [-0.1, -0.05) is 18.2 Å². The lowest BCUT2D eigenvalue weighted by atomic mass is 10.1. The van der Waals surface area contributed by atoms with Gasteiger partial charge in [0, 0.05) is 29.7 Å². The van der Waals surface area contributed by atoms with Crippen LogP contribution in [-0.4, -0.2) is 53.7 Å². The van der Waals surface area contributed by atoms with Crippen molar-refractivity contribution in [1.29, 1.82) is 0 Å². The first kappa shape index (κ1) is 20.0. The van der Waals surface area contributed by atoms with Gasteiger partial charge in [-0.3, -0.25) is 0 Å². The lowest BCUT2D eigenvalue weighted by Crippen LogP contribution is -2.32. The number of ether oxygens (including phenoxy) is 1. The molecule has 8 heteroatoms. The van der Waals surface area contributed by atoms with Crippen molar-refractivity contribution in [3.05, 3.63) is 51.6 Å². The Morgan fingerprint density at radius 3 is 2.76 bits per heavy atom. The Bertz CT molecular complexity index is 988. The van der Waals surface area contributed by atoms with Crippen molar-refractivity contribution in [2.24, 2.45) is 5.73 Å². The highest BCUT2D eigenvalue weighted by Gasteiger charge is 2.19. The molecular weight excluding hydrogens is 481 g/mol. The number of primary amides is 1. The number of fused-ring (bicyclic) bond motifs is 1. The number of nitrogens with one attached hydrogen (secondary N) is 1. The molecule has 0 unspecified atom stereocenters. The molecule has 4 rings (SSSR count). The summed E-state index contributed by atoms with van der Waals surface area (Å²) in [4.78, 5) is 23.9. The molecule has 7 nitrogen and oxygen atoms in total. The molecule has 0 spiro atoms. The Morgan fingerprint density at radius 2 is 1.97 bits per heavy atom. The number of aromatic amines is 1. The third-order valence-electron chi connectivity index (χ3n) is 5.19. The zero-order valence-corrected chi connectivity index (χ0v) is 18.3. The van der Waals surface area contributed by atoms with Gasteiger partial charge in [0.25, 0.3) is 0 Å². The molecule has 152 valence electrons. The summed E-state index contributed by atoms with van der Waals surface area (Å²) >= 11 is 2.34. The van der Waals surface area contributed by atoms with Gasteiger partial charge < -0.3 is 25.3 Å². The number of aromatic nitrogens is 2. The Hall–Kier alpha value is -2.33. The zero-order valence-electron chi connectivity index (χ0n) is 16.1. The molecule has 1 aliphatic rings. The van der Waals surface area contributed by atoms with E-state index in [9.17, 15) is 4.79 Å². The molecule has 2 aromatic carbocycles. The molecule has 1 aromatic heterocycles. The molecule has 3 N–H and O–H groups in total. The number of benzene rings is 2. The van der Waals surface area contributed by atoms with E-state index in [4.69, 9.17) is 10.5 Å². The molecule has 1 aliphatic heterocycles. The first-order valence-corrected chi connectivity index (χ1v) is 10.8. The normalized spacial score (nSPS) is 15.4. The van der Waals surface area contributed by atoms with Gasteiger partial charge in [0.2, 0.25) is 5.95 Å². The Balaban J connectivity index is 1.40. The van der Waals surface area contributed by atoms with Crippen molar-refractivity contribution in [2.75, 3.05) is 37.6 Å². The van der Waals surface area contributed by atoms with Crippen LogP contribution >= 0.6 is 22.6 Å². The SMILES string of the molecule is NC(=O)Oc1cccc2[nH]c(N3CCCN(CCc4ccc(I)cc4)CC3)nc12. The number of hydrogen-bond acceptors (Lipinski definition) is 5. The Morgan fingerprint density at radius 1 is 1.14 bits per heavy atom. The molecule has 0 atom stereocenters. The van der Waals surface area contributed by atoms with E-state index < -0.39 is 6.09 Å². The number of amides is 1. The highest BCUT2D eigenvalue weighted by atomic mass is 127. The monoisotopic (exact) mass is 505 g/mol. The van der Waals surface area contributed by atoms with Crippen molar-refractivity contribution < 1.29 is 9.53 Å². The number of rotatable bonds is 5. The number of H-pyrrole nitrogens is 1. The molecule has 1 saturated heterocycles. The third kappa shape index (κ3) is 4.99. The third-order valence-corrected chi connectivity index (χ3v) is 5.91. The molecule has 0 saturated carbocycles. The number of halogens is 1. The molecule has 0 radical (unpaired) electrons. The van der Waals surface area contributed by atoms with Gasteiger partial charge in [-0.05, 0) is 71.8 Å². The first-order chi connectivity index (χ1) is 14.1. The summed E-state index contributed by atoms with van der Waals surface area (Å²) in [6.07, 6.45) is 1.31. The summed E-state index contributed by atoms with van der Waals surface area (Å²) in [5, 5.41) is 0. The number of nitrogens with zero attached hydrogens (tertiary/aromatic N) is 3. The maximum Gasteiger partial charge on any atom is 0.410 e. The second kappa shape index (κ2) is 9.00. The van der Waals surface area contributed by atoms with Crippen LogP contribution in [0.2, 0.25) is 0 Å². The van der Waals surface area contributed by atoms with Crippen LogP contribution in [0.15, 0.2) is 42.5 Å². The standard InChI is InChI=1S/C21H24IN5O2/c22-16-7-5-15(6-8-16)9-12-26-10-2-11-27(14-13-26)21-24-17-3-1-4-18(19(17)25-21)29-20(23)28/h1,3-8H,2,9-14H2,(H2,23,28)(H,24,25). The molecule has 0 bridgehead atoms. The van der Waals surface area contributed by atoms with Gasteiger partial charge in [-0.25, -0.2) is 9.78 Å². The zero-order chi connectivity index (χ0) is 20.2. The second-order valence-electron chi connectivity index (χ2n) is 7.19. The Labute approximate surface area is 183 Å². The molecule has 1 fully saturated rings. The highest BCUT2D eigenvalue weighted by Crippen LogP contribution is 2.26. The maximum absolute atomic E-state index is 11.1. The lowest BCUT2D eigenvalue weighted by molar-refractivity contribution is 0.211. The van der Waals surface area contributed by atoms with E-state index in [0.29, 0.717) is 11.3 Å². The average molecular weight is 505 g/mol. The van der Waals surface area contributed by atoms with E-state index in [0.717, 1.165) is 57.0 Å². The number of para-hydroxylation sites is 1. The predicted octanol–water partition coefficient (Wildman–Crippen LogP) is 3.38. The molecule has 1 amide bonds. The minimum absolute atomic E-state index is 0.381. The first-order valence-electron chi connectivity index (χ1n) is 9.76. The molecule has 3 aromatic rings. The van der Waals surface area contributed by atoms with E-state index in [1.54, 1.807) is 6.07 Å². The summed E-state index contributed by atoms with van der Waals surface area (Å²) in [5.41, 5.74) is 8.00. The number of carbonyl (C=O) groups excluding carboxylic acids is 1. The molecule has 0 aliphatic carbocycles. The topological polar surface area (TPSA) is 87.5 Å². The fourth-order valence-electron chi connectivity index (χ4n) is 3.68. The van der Waals surface area contributed by atoms with E-state index in [1.165, 1.54) is 9.13 Å². The number of nitrogens with two attached hydrogens (primary N) is 1. The van der Waals surface area contributed by atoms with Gasteiger partial charge in [0.1, 0.15) is 5.52 Å². The van der Waals surface area contributed by atoms with Gasteiger partial charge in [0.15, 0.2) is 5.75 Å². The highest BCUT2D eigenvalue weighted by molar-refractivity contribution is 14.1. The quantitative estimate of drug-likeness (QED) is 0.520. The maximum atomic E-state index is 11.1. The minimum Gasteiger partial charge on any atom is -0.408 e. The van der Waals surface area contributed by atoms with Gasteiger partial charge in [0.05, 0.1) is 5.52 Å². The summed E-state index contributed by atoms with van der Waals surface area (Å²) in [5.74, 6) is 1.19. The number of hydrogen-bond donors (Lipinski definition) is 2. The largest absolute Gasteiger partial charge is 0.410 e. The predicted molar refractivity (Wildman–Crippen MR) is 122 cm³/mol. The summed E-state index contributed by atoms with van der Waals surface area (Å²) in [6, 6.07) is 14.2. The summed E-state index contributed by atoms with van der Waals surface area (Å²) < 4.78 is 6.35. The number of carbonyl (C=O) groups is 1. The van der Waals surface area contributed by atoms with E-state index in [1.807, 2.05) is 12.1 Å². The molecular formula is C21H24IN5O2. The van der Waals surface area contributed by atoms with E-state index >= 15 is 0 Å². The van der Waals surface area contributed by atoms with Crippen LogP contribution in [0, 0.1) is 3.57 Å². The van der Waals surface area contributed by atoms with Crippen molar-refractivity contribution in [2.45, 2.75) is 12.8 Å². The van der Waals surface area contributed by atoms with Crippen LogP contribution < -0.4 is 15.4 Å². The van der Waals surface area contributed by atoms with Crippen LogP contribution in [0.4, 0.5) is 10.7 Å². The lowest BCUT2D eigenvalue weighted by Gasteiger charge is -2.21. The van der Waals surface area contributed by atoms with Crippen LogP contribution in [0.25, 0.3) is 11.0 Å². The van der Waals surface area contributed by atoms with E-state index in [-0.39, 0.29) is 0 Å². The van der Waals surface area contributed by atoms with Crippen molar-refractivity contribution in [1.82, 2.24) is 14.9 Å². The fourth-order valence-corrected chi connectivity index (χ4v) is 4.04. The van der Waals surface area contributed by atoms with Crippen LogP contribution in [-0.2, 0) is 6.42 Å². The van der Waals surface area contributed by atoms with E-state index in [2.05, 4.69) is 66.6 Å². The van der Waals surface area contributed by atoms with Gasteiger partial charge in [-0.2, -0.15) is 0 Å². The molecule has 2 heterocycles. The van der Waals surface area contributed by atoms with Crippen LogP contribution in [0.3, 0.4) is 0 Å². The van der Waals surface area contributed by atoms with Crippen molar-refractivity contribution in [3.63, 3.8) is 0 Å². The van der Waals surface area contributed by atoms with Gasteiger partial charge in [-0.15, -0.1) is 0 Å². The summed E-state index contributed by atoms with van der Waals surface area (Å²) in [7, 11) is 0. The molecule has 29 heavy (non-hydrogen) atoms. The van der Waals surface area contributed by atoms with Crippen LogP contribution in [0.5, 0.6) is 5.75 Å². The average Bonchev–Trinajstić information content (AvgIpc) is 3.00.